The first-order chi connectivity index (χ1) is 17.3. The number of allylic oxidation sites excluding steroid dienone is 8. The summed E-state index contributed by atoms with van der Waals surface area (Å²) in [4.78, 5) is 0. The van der Waals surface area contributed by atoms with Gasteiger partial charge in [0.15, 0.2) is 0 Å². The van der Waals surface area contributed by atoms with Crippen LogP contribution in [0.3, 0.4) is 0 Å². The van der Waals surface area contributed by atoms with Gasteiger partial charge in [0.25, 0.3) is 14.1 Å². The van der Waals surface area contributed by atoms with Crippen molar-refractivity contribution in [1.29, 1.82) is 0 Å². The van der Waals surface area contributed by atoms with Crippen LogP contribution in [0.1, 0.15) is 149 Å². The van der Waals surface area contributed by atoms with Crippen LogP contribution >= 0.6 is 0 Å². The van der Waals surface area contributed by atoms with E-state index in [4.69, 9.17) is 0 Å². The van der Waals surface area contributed by atoms with Crippen LogP contribution < -0.4 is 0 Å². The van der Waals surface area contributed by atoms with E-state index in [0.29, 0.717) is 0 Å². The smallest absolute Gasteiger partial charge is 0.273 e. The first-order valence-electron chi connectivity index (χ1n) is 15.8. The Morgan fingerprint density at radius 3 is 1.00 bits per heavy atom. The summed E-state index contributed by atoms with van der Waals surface area (Å²) in [5.74, 6) is 0. The van der Waals surface area contributed by atoms with E-state index >= 15 is 0 Å². The molecule has 0 heterocycles. The first kappa shape index (κ1) is 38.4. The van der Waals surface area contributed by atoms with Crippen LogP contribution in [0.15, 0.2) is 36.5 Å². The van der Waals surface area contributed by atoms with Gasteiger partial charge in [0.1, 0.15) is 0 Å². The molecule has 0 aromatic heterocycles. The van der Waals surface area contributed by atoms with Crippen molar-refractivity contribution in [3.05, 3.63) is 48.6 Å². The second-order valence-corrected chi connectivity index (χ2v) is 14.0. The molecule has 2 heteroatoms. The average Bonchev–Trinajstić information content (AvgIpc) is 3.64. The molecule has 0 radical (unpaired) electrons. The zero-order valence-corrected chi connectivity index (χ0v) is 27.5. The minimum atomic E-state index is -0.410. The maximum Gasteiger partial charge on any atom is 2.00 e. The van der Waals surface area contributed by atoms with E-state index in [0.717, 1.165) is 12.8 Å². The molecule has 0 N–H and O–H groups in total. The van der Waals surface area contributed by atoms with E-state index in [1.165, 1.54) is 96.3 Å². The van der Waals surface area contributed by atoms with E-state index in [-0.39, 0.29) is 21.7 Å². The van der Waals surface area contributed by atoms with Crippen molar-refractivity contribution in [3.63, 3.8) is 0 Å². The molecule has 0 aromatic carbocycles. The molecule has 0 saturated carbocycles. The summed E-state index contributed by atoms with van der Waals surface area (Å²) in [6, 6.07) is 0. The molecule has 36 heavy (non-hydrogen) atoms. The third-order valence-corrected chi connectivity index (χ3v) is 10.7. The van der Waals surface area contributed by atoms with Gasteiger partial charge in [-0.15, -0.1) is 12.8 Å². The number of hydrogen-bond donors (Lipinski definition) is 0. The third-order valence-electron chi connectivity index (χ3n) is 7.07. The van der Waals surface area contributed by atoms with Crippen LogP contribution in [0.25, 0.3) is 0 Å². The monoisotopic (exact) mass is 544 g/mol. The van der Waals surface area contributed by atoms with Gasteiger partial charge in [-0.05, 0) is 0 Å². The van der Waals surface area contributed by atoms with Gasteiger partial charge in [0, 0.05) is 0 Å². The molecule has 0 atom stereocenters. The molecule has 0 nitrogen and oxygen atoms in total. The van der Waals surface area contributed by atoms with Crippen molar-refractivity contribution in [3.8, 4) is 0 Å². The Bertz CT molecular complexity index is 425. The van der Waals surface area contributed by atoms with Gasteiger partial charge in [-0.25, -0.2) is 24.3 Å². The van der Waals surface area contributed by atoms with Crippen LogP contribution in [0.4, 0.5) is 0 Å². The summed E-state index contributed by atoms with van der Waals surface area (Å²) in [5, 5.41) is 4.99. The standard InChI is InChI=1S/3C8H17.2C5H5.Al.Ti/c3*1-3-5-7-8-6-4-2;2*1-2-4-5-3-1;;/h3*1,3-8H2,2H3;2*1-3H,4H2;;/q;;;2*-1;;+2. The van der Waals surface area contributed by atoms with Gasteiger partial charge >= 0.3 is 21.7 Å². The largest absolute Gasteiger partial charge is 2.00 e. The molecular weight excluding hydrogens is 483 g/mol. The summed E-state index contributed by atoms with van der Waals surface area (Å²) in [7, 11) is 0. The molecule has 0 bridgehead atoms. The predicted octanol–water partition coefficient (Wildman–Crippen LogP) is 12.2. The maximum absolute atomic E-state index is 2.99. The fourth-order valence-corrected chi connectivity index (χ4v) is 8.22. The Morgan fingerprint density at radius 1 is 0.472 bits per heavy atom. The zero-order valence-electron chi connectivity index (χ0n) is 24.8. The van der Waals surface area contributed by atoms with Gasteiger partial charge < -0.3 is 0 Å². The quantitative estimate of drug-likeness (QED) is 0.0766. The molecule has 0 spiro atoms. The van der Waals surface area contributed by atoms with Gasteiger partial charge in [-0.3, -0.25) is 12.2 Å². The Hall–Kier alpha value is 0.207. The van der Waals surface area contributed by atoms with E-state index in [1.54, 1.807) is 35.1 Å². The van der Waals surface area contributed by atoms with Gasteiger partial charge in [0.2, 0.25) is 0 Å². The maximum atomic E-state index is 2.99. The Balaban J connectivity index is 0. The molecule has 2 aliphatic carbocycles. The van der Waals surface area contributed by atoms with Crippen LogP contribution in [0.2, 0.25) is 15.8 Å². The molecule has 2 rings (SSSR count). The second-order valence-electron chi connectivity index (χ2n) is 10.5. The van der Waals surface area contributed by atoms with Crippen LogP contribution in [-0.2, 0) is 21.7 Å². The molecule has 0 unspecified atom stereocenters. The molecule has 204 valence electrons. The topological polar surface area (TPSA) is 0 Å². The van der Waals surface area contributed by atoms with Crippen molar-refractivity contribution < 1.29 is 21.7 Å². The van der Waals surface area contributed by atoms with Crippen LogP contribution in [-0.4, -0.2) is 14.1 Å². The van der Waals surface area contributed by atoms with Gasteiger partial charge in [-0.1, -0.05) is 152 Å². The van der Waals surface area contributed by atoms with Crippen LogP contribution in [0.5, 0.6) is 0 Å². The molecule has 0 aromatic rings. The summed E-state index contributed by atoms with van der Waals surface area (Å²) in [5.41, 5.74) is 0. The van der Waals surface area contributed by atoms with E-state index in [1.807, 2.05) is 24.3 Å². The molecular formula is C34H61AlTi. The van der Waals surface area contributed by atoms with E-state index in [2.05, 4.69) is 45.1 Å². The van der Waals surface area contributed by atoms with Crippen molar-refractivity contribution in [1.82, 2.24) is 0 Å². The van der Waals surface area contributed by atoms with E-state index in [9.17, 15) is 0 Å². The summed E-state index contributed by atoms with van der Waals surface area (Å²) in [6.07, 6.45) is 46.7. The summed E-state index contributed by atoms with van der Waals surface area (Å²) < 4.78 is 0. The van der Waals surface area contributed by atoms with E-state index < -0.39 is 14.1 Å². The van der Waals surface area contributed by atoms with Gasteiger partial charge in [-0.2, -0.15) is 12.2 Å². The number of unbranched alkanes of at least 4 members (excludes halogenated alkanes) is 15. The molecule has 0 saturated heterocycles. The fourth-order valence-electron chi connectivity index (χ4n) is 4.75. The average molecular weight is 545 g/mol. The summed E-state index contributed by atoms with van der Waals surface area (Å²) in [6.45, 7) is 6.97. The fraction of sp³-hybridized carbons (Fsp3) is 0.765. The zero-order chi connectivity index (χ0) is 25.5. The van der Waals surface area contributed by atoms with Crippen molar-refractivity contribution in [2.75, 3.05) is 0 Å². The van der Waals surface area contributed by atoms with Crippen molar-refractivity contribution in [2.45, 2.75) is 165 Å². The second kappa shape index (κ2) is 35.2. The van der Waals surface area contributed by atoms with Crippen molar-refractivity contribution in [2.24, 2.45) is 0 Å². The first-order valence-corrected chi connectivity index (χ1v) is 18.2. The SMILES string of the molecule is CCCCCCC[CH2][Al]([CH2]CCCCCCC)[CH2]CCCCCCC.[C-]1=CC=CC1.[C-]1=CC=CC1.[Ti+2]. The normalized spacial score (nSPS) is 12.6. The summed E-state index contributed by atoms with van der Waals surface area (Å²) >= 11 is -0.410. The third kappa shape index (κ3) is 32.2. The number of rotatable bonds is 21. The molecule has 0 amide bonds. The Labute approximate surface area is 248 Å². The Kier molecular flexibility index (Phi) is 37.5. The van der Waals surface area contributed by atoms with Crippen molar-refractivity contribution >= 4 is 14.1 Å². The Morgan fingerprint density at radius 2 is 0.778 bits per heavy atom. The van der Waals surface area contributed by atoms with Gasteiger partial charge in [0.05, 0.1) is 0 Å². The molecule has 0 aliphatic heterocycles. The number of hydrogen-bond acceptors (Lipinski definition) is 0. The van der Waals surface area contributed by atoms with Crippen LogP contribution in [0, 0.1) is 12.2 Å². The predicted molar refractivity (Wildman–Crippen MR) is 163 cm³/mol. The minimum Gasteiger partial charge on any atom is -0.273 e. The molecule has 0 fully saturated rings. The minimum absolute atomic E-state index is 0. The molecule has 2 aliphatic rings.